The summed E-state index contributed by atoms with van der Waals surface area (Å²) in [6.45, 7) is 2.15. The van der Waals surface area contributed by atoms with Gasteiger partial charge in [-0.15, -0.1) is 11.3 Å². The van der Waals surface area contributed by atoms with E-state index in [1.807, 2.05) is 17.6 Å². The molecule has 3 nitrogen and oxygen atoms in total. The van der Waals surface area contributed by atoms with Crippen molar-refractivity contribution in [3.05, 3.63) is 47.5 Å². The second-order valence-electron chi connectivity index (χ2n) is 4.36. The van der Waals surface area contributed by atoms with Gasteiger partial charge in [0.05, 0.1) is 21.6 Å². The zero-order valence-electron chi connectivity index (χ0n) is 10.7. The van der Waals surface area contributed by atoms with Crippen molar-refractivity contribution in [2.24, 2.45) is 0 Å². The van der Waals surface area contributed by atoms with Crippen LogP contribution in [0.4, 0.5) is 17.1 Å². The Kier molecular flexibility index (Phi) is 3.09. The largest absolute Gasteiger partial charge is 0.395 e. The second-order valence-corrected chi connectivity index (χ2v) is 5.25. The van der Waals surface area contributed by atoms with Crippen LogP contribution in [-0.4, -0.2) is 4.98 Å². The number of aryl methyl sites for hydroxylation is 1. The summed E-state index contributed by atoms with van der Waals surface area (Å²) in [4.78, 5) is 4.32. The van der Waals surface area contributed by atoms with E-state index in [1.54, 1.807) is 11.3 Å². The van der Waals surface area contributed by atoms with E-state index >= 15 is 0 Å². The highest BCUT2D eigenvalue weighted by molar-refractivity contribution is 7.16. The molecule has 1 aromatic heterocycles. The van der Waals surface area contributed by atoms with Crippen LogP contribution in [0.5, 0.6) is 0 Å². The lowest BCUT2D eigenvalue weighted by Crippen LogP contribution is -1.99. The highest BCUT2D eigenvalue weighted by Gasteiger charge is 2.08. The molecule has 3 rings (SSSR count). The van der Waals surface area contributed by atoms with E-state index in [4.69, 9.17) is 5.73 Å². The van der Waals surface area contributed by atoms with E-state index in [0.717, 1.165) is 28.0 Å². The molecule has 3 N–H and O–H groups in total. The smallest absolute Gasteiger partial charge is 0.106 e. The minimum Gasteiger partial charge on any atom is -0.395 e. The molecule has 0 radical (unpaired) electrons. The van der Waals surface area contributed by atoms with Crippen LogP contribution in [0.25, 0.3) is 10.2 Å². The van der Waals surface area contributed by atoms with Crippen molar-refractivity contribution in [2.75, 3.05) is 11.1 Å². The van der Waals surface area contributed by atoms with Gasteiger partial charge in [-0.25, -0.2) is 4.98 Å². The molecule has 0 unspecified atom stereocenters. The number of anilines is 3. The lowest BCUT2D eigenvalue weighted by molar-refractivity contribution is 1.14. The molecule has 0 atom stereocenters. The average molecular weight is 269 g/mol. The number of fused-ring (bicyclic) bond motifs is 1. The van der Waals surface area contributed by atoms with Crippen molar-refractivity contribution >= 4 is 38.6 Å². The Morgan fingerprint density at radius 2 is 2.00 bits per heavy atom. The first-order chi connectivity index (χ1) is 9.29. The number of nitrogens with zero attached hydrogens (tertiary/aromatic N) is 1. The van der Waals surface area contributed by atoms with Crippen LogP contribution in [0.2, 0.25) is 0 Å². The molecule has 96 valence electrons. The summed E-state index contributed by atoms with van der Waals surface area (Å²) in [5.41, 5.74) is 12.9. The van der Waals surface area contributed by atoms with E-state index in [0.29, 0.717) is 5.69 Å². The first-order valence-electron chi connectivity index (χ1n) is 6.26. The lowest BCUT2D eigenvalue weighted by atomic mass is 10.1. The molecule has 0 spiro atoms. The number of nitrogens with two attached hydrogens (primary N) is 1. The van der Waals surface area contributed by atoms with Gasteiger partial charge in [-0.2, -0.15) is 0 Å². The maximum Gasteiger partial charge on any atom is 0.106 e. The van der Waals surface area contributed by atoms with E-state index < -0.39 is 0 Å². The number of hydrogen-bond acceptors (Lipinski definition) is 4. The van der Waals surface area contributed by atoms with Crippen LogP contribution in [0, 0.1) is 0 Å². The molecule has 2 aromatic carbocycles. The molecular weight excluding hydrogens is 254 g/mol. The maximum absolute atomic E-state index is 6.18. The van der Waals surface area contributed by atoms with Gasteiger partial charge < -0.3 is 11.1 Å². The Labute approximate surface area is 116 Å². The normalized spacial score (nSPS) is 10.8. The van der Waals surface area contributed by atoms with E-state index in [1.165, 1.54) is 5.56 Å². The van der Waals surface area contributed by atoms with Crippen LogP contribution in [0.3, 0.4) is 0 Å². The molecule has 0 fully saturated rings. The number of aromatic nitrogens is 1. The SMILES string of the molecule is CCc1ccccc1Nc1ccc2scnc2c1N. The van der Waals surface area contributed by atoms with Crippen molar-refractivity contribution < 1.29 is 0 Å². The Bertz CT molecular complexity index is 718. The fraction of sp³-hybridized carbons (Fsp3) is 0.133. The number of benzene rings is 2. The fourth-order valence-corrected chi connectivity index (χ4v) is 2.85. The fourth-order valence-electron chi connectivity index (χ4n) is 2.16. The minimum atomic E-state index is 0.713. The lowest BCUT2D eigenvalue weighted by Gasteiger charge is -2.13. The summed E-state index contributed by atoms with van der Waals surface area (Å²) < 4.78 is 1.12. The highest BCUT2D eigenvalue weighted by atomic mass is 32.1. The molecular formula is C15H15N3S. The number of thiazole rings is 1. The van der Waals surface area contributed by atoms with Crippen molar-refractivity contribution in [3.8, 4) is 0 Å². The molecule has 1 heterocycles. The summed E-state index contributed by atoms with van der Waals surface area (Å²) >= 11 is 1.61. The molecule has 0 aliphatic rings. The molecule has 0 bridgehead atoms. The van der Waals surface area contributed by atoms with Gasteiger partial charge in [-0.3, -0.25) is 0 Å². The third-order valence-corrected chi connectivity index (χ3v) is 4.00. The monoisotopic (exact) mass is 269 g/mol. The summed E-state index contributed by atoms with van der Waals surface area (Å²) in [7, 11) is 0. The van der Waals surface area contributed by atoms with Crippen LogP contribution < -0.4 is 11.1 Å². The van der Waals surface area contributed by atoms with Gasteiger partial charge in [-0.1, -0.05) is 25.1 Å². The predicted octanol–water partition coefficient (Wildman–Crippen LogP) is 4.18. The Hall–Kier alpha value is -2.07. The molecule has 4 heteroatoms. The Morgan fingerprint density at radius 3 is 2.84 bits per heavy atom. The number of nitrogen functional groups attached to an aromatic ring is 1. The van der Waals surface area contributed by atoms with Gasteiger partial charge in [0, 0.05) is 5.69 Å². The first kappa shape index (κ1) is 12.0. The zero-order valence-corrected chi connectivity index (χ0v) is 11.5. The molecule has 19 heavy (non-hydrogen) atoms. The van der Waals surface area contributed by atoms with Crippen molar-refractivity contribution in [1.29, 1.82) is 0 Å². The second kappa shape index (κ2) is 4.90. The third kappa shape index (κ3) is 2.15. The van der Waals surface area contributed by atoms with E-state index in [2.05, 4.69) is 41.5 Å². The van der Waals surface area contributed by atoms with Crippen LogP contribution in [-0.2, 0) is 6.42 Å². The predicted molar refractivity (Wildman–Crippen MR) is 83.1 cm³/mol. The van der Waals surface area contributed by atoms with Crippen LogP contribution in [0.15, 0.2) is 41.9 Å². The van der Waals surface area contributed by atoms with Gasteiger partial charge in [0.2, 0.25) is 0 Å². The van der Waals surface area contributed by atoms with Gasteiger partial charge >= 0.3 is 0 Å². The summed E-state index contributed by atoms with van der Waals surface area (Å²) in [6.07, 6.45) is 0.988. The average Bonchev–Trinajstić information content (AvgIpc) is 2.92. The molecule has 0 saturated heterocycles. The van der Waals surface area contributed by atoms with Gasteiger partial charge in [-0.05, 0) is 30.2 Å². The topological polar surface area (TPSA) is 50.9 Å². The quantitative estimate of drug-likeness (QED) is 0.701. The number of nitrogens with one attached hydrogen (secondary N) is 1. The standard InChI is InChI=1S/C15H15N3S/c1-2-10-5-3-4-6-11(10)18-12-7-8-13-15(14(12)16)17-9-19-13/h3-9,18H,2,16H2,1H3. The van der Waals surface area contributed by atoms with Gasteiger partial charge in [0.15, 0.2) is 0 Å². The van der Waals surface area contributed by atoms with Gasteiger partial charge in [0.25, 0.3) is 0 Å². The summed E-state index contributed by atoms with van der Waals surface area (Å²) in [6, 6.07) is 12.3. The van der Waals surface area contributed by atoms with E-state index in [9.17, 15) is 0 Å². The zero-order chi connectivity index (χ0) is 13.2. The first-order valence-corrected chi connectivity index (χ1v) is 7.14. The van der Waals surface area contributed by atoms with E-state index in [-0.39, 0.29) is 0 Å². The molecule has 0 aliphatic carbocycles. The number of hydrogen-bond donors (Lipinski definition) is 2. The van der Waals surface area contributed by atoms with Crippen LogP contribution in [0.1, 0.15) is 12.5 Å². The highest BCUT2D eigenvalue weighted by Crippen LogP contribution is 2.32. The Balaban J connectivity index is 2.03. The Morgan fingerprint density at radius 1 is 1.16 bits per heavy atom. The molecule has 0 aliphatic heterocycles. The molecule has 0 amide bonds. The van der Waals surface area contributed by atoms with Crippen molar-refractivity contribution in [2.45, 2.75) is 13.3 Å². The number of rotatable bonds is 3. The van der Waals surface area contributed by atoms with Crippen molar-refractivity contribution in [3.63, 3.8) is 0 Å². The summed E-state index contributed by atoms with van der Waals surface area (Å²) in [5, 5.41) is 3.41. The maximum atomic E-state index is 6.18. The molecule has 0 saturated carbocycles. The summed E-state index contributed by atoms with van der Waals surface area (Å²) in [5.74, 6) is 0. The van der Waals surface area contributed by atoms with Crippen molar-refractivity contribution in [1.82, 2.24) is 4.98 Å². The van der Waals surface area contributed by atoms with Crippen LogP contribution >= 0.6 is 11.3 Å². The third-order valence-electron chi connectivity index (χ3n) is 3.21. The minimum absolute atomic E-state index is 0.713. The number of para-hydroxylation sites is 1. The molecule has 3 aromatic rings. The van der Waals surface area contributed by atoms with Gasteiger partial charge in [0.1, 0.15) is 5.52 Å².